The van der Waals surface area contributed by atoms with Gasteiger partial charge in [-0.25, -0.2) is 4.79 Å². The van der Waals surface area contributed by atoms with E-state index >= 15 is 0 Å². The molecule has 4 nitrogen and oxygen atoms in total. The van der Waals surface area contributed by atoms with Crippen LogP contribution in [-0.4, -0.2) is 35.3 Å². The summed E-state index contributed by atoms with van der Waals surface area (Å²) in [6.45, 7) is 0. The molecule has 0 bridgehead atoms. The Kier molecular flexibility index (Phi) is 5.66. The van der Waals surface area contributed by atoms with Crippen LogP contribution in [0.2, 0.25) is 0 Å². The van der Waals surface area contributed by atoms with E-state index in [1.807, 2.05) is 4.93 Å². The van der Waals surface area contributed by atoms with Crippen molar-refractivity contribution in [1.29, 1.82) is 0 Å². The number of ether oxygens (including phenoxy) is 1. The summed E-state index contributed by atoms with van der Waals surface area (Å²) in [5.41, 5.74) is 0. The summed E-state index contributed by atoms with van der Waals surface area (Å²) in [6.07, 6.45) is 3.47. The smallest absolute Gasteiger partial charge is 0.336 e. The highest BCUT2D eigenvalue weighted by molar-refractivity contribution is 14.2. The lowest BCUT2D eigenvalue weighted by Crippen LogP contribution is -2.35. The SMILES string of the molecule is COC(=O)C(O)C(CC1CCC1)N=IC. The maximum atomic E-state index is 11.2. The summed E-state index contributed by atoms with van der Waals surface area (Å²) in [7, 11) is 1.30. The van der Waals surface area contributed by atoms with Gasteiger partial charge in [0.2, 0.25) is 0 Å². The zero-order valence-electron chi connectivity index (χ0n) is 9.15. The lowest BCUT2D eigenvalue weighted by atomic mass is 9.80. The van der Waals surface area contributed by atoms with E-state index in [2.05, 4.69) is 7.88 Å². The number of nitrogens with zero attached hydrogens (tertiary/aromatic N) is 1. The highest BCUT2D eigenvalue weighted by Crippen LogP contribution is 2.32. The van der Waals surface area contributed by atoms with Crippen molar-refractivity contribution in [3.05, 3.63) is 0 Å². The van der Waals surface area contributed by atoms with Crippen LogP contribution in [0.15, 0.2) is 3.15 Å². The Hall–Kier alpha value is -0.0400. The highest BCUT2D eigenvalue weighted by atomic mass is 127. The second kappa shape index (κ2) is 6.52. The molecule has 1 aliphatic carbocycles. The first-order valence-electron chi connectivity index (χ1n) is 5.13. The quantitative estimate of drug-likeness (QED) is 0.476. The molecule has 15 heavy (non-hydrogen) atoms. The minimum absolute atomic E-state index is 0.236. The van der Waals surface area contributed by atoms with E-state index in [1.54, 1.807) is 0 Å². The van der Waals surface area contributed by atoms with E-state index in [0.717, 1.165) is 6.42 Å². The number of halogens is 1. The van der Waals surface area contributed by atoms with Gasteiger partial charge in [0.25, 0.3) is 0 Å². The topological polar surface area (TPSA) is 58.9 Å². The molecular formula is C10H18INO3. The lowest BCUT2D eigenvalue weighted by molar-refractivity contribution is -0.151. The second-order valence-corrected chi connectivity index (χ2v) is 5.36. The van der Waals surface area contributed by atoms with Crippen molar-refractivity contribution in [2.75, 3.05) is 12.0 Å². The molecule has 0 aliphatic heterocycles. The number of methoxy groups -OCH3 is 1. The van der Waals surface area contributed by atoms with Gasteiger partial charge in [0.15, 0.2) is 6.10 Å². The predicted octanol–water partition coefficient (Wildman–Crippen LogP) is 1.86. The van der Waals surface area contributed by atoms with Crippen LogP contribution in [0.5, 0.6) is 0 Å². The van der Waals surface area contributed by atoms with Crippen LogP contribution in [0, 0.1) is 5.92 Å². The van der Waals surface area contributed by atoms with Gasteiger partial charge >= 0.3 is 5.97 Å². The van der Waals surface area contributed by atoms with Gasteiger partial charge in [-0.05, 0) is 38.3 Å². The molecule has 88 valence electrons. The van der Waals surface area contributed by atoms with Crippen molar-refractivity contribution in [1.82, 2.24) is 0 Å². The largest absolute Gasteiger partial charge is 0.467 e. The van der Waals surface area contributed by atoms with Crippen molar-refractivity contribution in [2.24, 2.45) is 9.06 Å². The molecule has 0 aromatic carbocycles. The number of alkyl halides is 1. The van der Waals surface area contributed by atoms with Crippen LogP contribution in [0.3, 0.4) is 0 Å². The molecule has 1 aliphatic rings. The first-order valence-corrected chi connectivity index (χ1v) is 8.26. The van der Waals surface area contributed by atoms with E-state index in [1.165, 1.54) is 26.4 Å². The average Bonchev–Trinajstić information content (AvgIpc) is 2.19. The summed E-state index contributed by atoms with van der Waals surface area (Å²) in [6, 6.07) is -0.236. The number of rotatable bonds is 5. The number of carbonyl (C=O) groups excluding carboxylic acids is 1. The van der Waals surface area contributed by atoms with Crippen LogP contribution >= 0.6 is 21.0 Å². The third-order valence-corrected chi connectivity index (χ3v) is 4.10. The predicted molar refractivity (Wildman–Crippen MR) is 66.1 cm³/mol. The first kappa shape index (κ1) is 13.0. The van der Waals surface area contributed by atoms with Gasteiger partial charge < -0.3 is 9.84 Å². The standard InChI is InChI=1S/C10H18INO3/c1-11-12-8(6-7-4-3-5-7)9(13)10(14)15-2/h7-9,13H,3-6H2,1-2H3. The molecule has 0 saturated heterocycles. The molecule has 1 fully saturated rings. The van der Waals surface area contributed by atoms with Crippen molar-refractivity contribution in [2.45, 2.75) is 37.8 Å². The summed E-state index contributed by atoms with van der Waals surface area (Å²) >= 11 is -0.253. The maximum absolute atomic E-state index is 11.2. The normalized spacial score (nSPS) is 21.5. The summed E-state index contributed by atoms with van der Waals surface area (Å²) in [4.78, 5) is 13.2. The minimum atomic E-state index is -1.06. The van der Waals surface area contributed by atoms with Crippen molar-refractivity contribution >= 4 is 27.0 Å². The van der Waals surface area contributed by atoms with Gasteiger partial charge in [0.05, 0.1) is 13.2 Å². The van der Waals surface area contributed by atoms with Crippen LogP contribution in [0.25, 0.3) is 0 Å². The van der Waals surface area contributed by atoms with E-state index in [0.29, 0.717) is 5.92 Å². The number of carbonyl (C=O) groups is 1. The summed E-state index contributed by atoms with van der Waals surface area (Å²) in [5, 5.41) is 9.73. The van der Waals surface area contributed by atoms with Crippen LogP contribution < -0.4 is 0 Å². The molecule has 1 N–H and O–H groups in total. The van der Waals surface area contributed by atoms with Crippen LogP contribution in [0.1, 0.15) is 25.7 Å². The van der Waals surface area contributed by atoms with Gasteiger partial charge in [-0.15, -0.1) is 0 Å². The summed E-state index contributed by atoms with van der Waals surface area (Å²) in [5.74, 6) is 0.0918. The van der Waals surface area contributed by atoms with Crippen molar-refractivity contribution in [3.63, 3.8) is 0 Å². The van der Waals surface area contributed by atoms with Gasteiger partial charge in [-0.3, -0.25) is 3.15 Å². The summed E-state index contributed by atoms with van der Waals surface area (Å²) < 4.78 is 8.91. The van der Waals surface area contributed by atoms with E-state index in [-0.39, 0.29) is 27.1 Å². The Morgan fingerprint density at radius 1 is 1.67 bits per heavy atom. The molecule has 0 heterocycles. The van der Waals surface area contributed by atoms with E-state index in [9.17, 15) is 9.90 Å². The molecular weight excluding hydrogens is 309 g/mol. The fourth-order valence-corrected chi connectivity index (χ4v) is 2.94. The number of esters is 1. The zero-order valence-corrected chi connectivity index (χ0v) is 11.3. The fourth-order valence-electron chi connectivity index (χ4n) is 1.70. The highest BCUT2D eigenvalue weighted by Gasteiger charge is 2.30. The lowest BCUT2D eigenvalue weighted by Gasteiger charge is -2.29. The Morgan fingerprint density at radius 2 is 2.33 bits per heavy atom. The molecule has 1 rings (SSSR count). The molecule has 0 amide bonds. The molecule has 5 heteroatoms. The molecule has 0 aromatic heterocycles. The maximum Gasteiger partial charge on any atom is 0.336 e. The fraction of sp³-hybridized carbons (Fsp3) is 0.900. The number of aliphatic hydroxyl groups is 1. The Balaban J connectivity index is 2.50. The first-order chi connectivity index (χ1) is 7.19. The van der Waals surface area contributed by atoms with Gasteiger partial charge in [0.1, 0.15) is 0 Å². The van der Waals surface area contributed by atoms with E-state index in [4.69, 9.17) is 0 Å². The van der Waals surface area contributed by atoms with Crippen molar-refractivity contribution < 1.29 is 14.6 Å². The Labute approximate surface area is 101 Å². The van der Waals surface area contributed by atoms with Crippen LogP contribution in [-0.2, 0) is 9.53 Å². The molecule has 0 spiro atoms. The van der Waals surface area contributed by atoms with Crippen molar-refractivity contribution in [3.8, 4) is 0 Å². The monoisotopic (exact) mass is 327 g/mol. The van der Waals surface area contributed by atoms with Gasteiger partial charge in [-0.1, -0.05) is 19.3 Å². The second-order valence-electron chi connectivity index (χ2n) is 3.83. The number of hydrogen-bond donors (Lipinski definition) is 1. The number of hydrogen-bond acceptors (Lipinski definition) is 4. The average molecular weight is 327 g/mol. The molecule has 0 aromatic rings. The van der Waals surface area contributed by atoms with Gasteiger partial charge in [0, 0.05) is 0 Å². The van der Waals surface area contributed by atoms with E-state index < -0.39 is 12.1 Å². The Morgan fingerprint density at radius 3 is 2.73 bits per heavy atom. The molecule has 0 radical (unpaired) electrons. The molecule has 2 unspecified atom stereocenters. The number of aliphatic hydroxyl groups excluding tert-OH is 1. The molecule has 1 saturated carbocycles. The minimum Gasteiger partial charge on any atom is -0.467 e. The molecule has 2 atom stereocenters. The third-order valence-electron chi connectivity index (χ3n) is 2.83. The van der Waals surface area contributed by atoms with Crippen LogP contribution in [0.4, 0.5) is 0 Å². The Bertz CT molecular complexity index is 241. The zero-order chi connectivity index (χ0) is 11.3. The third kappa shape index (κ3) is 3.79. The van der Waals surface area contributed by atoms with Gasteiger partial charge in [-0.2, -0.15) is 0 Å².